The Labute approximate surface area is 128 Å². The van der Waals surface area contributed by atoms with Gasteiger partial charge in [0.25, 0.3) is 0 Å². The Morgan fingerprint density at radius 1 is 1.05 bits per heavy atom. The molecule has 3 heteroatoms. The molecule has 0 saturated heterocycles. The lowest BCUT2D eigenvalue weighted by molar-refractivity contribution is 0.310. The van der Waals surface area contributed by atoms with E-state index in [9.17, 15) is 0 Å². The Morgan fingerprint density at radius 2 is 1.90 bits per heavy atom. The van der Waals surface area contributed by atoms with Crippen LogP contribution in [0.5, 0.6) is 5.75 Å². The SMILES string of the molecule is NCC#Cc1ccsc1COc1ccc2ccccc2c1. The van der Waals surface area contributed by atoms with Crippen molar-refractivity contribution in [3.05, 3.63) is 64.4 Å². The molecule has 2 nitrogen and oxygen atoms in total. The molecule has 0 aliphatic rings. The molecule has 2 aromatic carbocycles. The van der Waals surface area contributed by atoms with E-state index in [1.165, 1.54) is 10.8 Å². The summed E-state index contributed by atoms with van der Waals surface area (Å²) in [5, 5.41) is 4.43. The molecule has 0 unspecified atom stereocenters. The van der Waals surface area contributed by atoms with Gasteiger partial charge in [0.1, 0.15) is 12.4 Å². The average Bonchev–Trinajstić information content (AvgIpc) is 2.98. The first kappa shape index (κ1) is 13.7. The molecule has 3 aromatic rings. The number of hydrogen-bond acceptors (Lipinski definition) is 3. The minimum absolute atomic E-state index is 0.376. The van der Waals surface area contributed by atoms with E-state index >= 15 is 0 Å². The van der Waals surface area contributed by atoms with Crippen LogP contribution >= 0.6 is 11.3 Å². The van der Waals surface area contributed by atoms with Crippen LogP contribution in [0.25, 0.3) is 10.8 Å². The van der Waals surface area contributed by atoms with Crippen LogP contribution in [-0.4, -0.2) is 6.54 Å². The van der Waals surface area contributed by atoms with E-state index in [-0.39, 0.29) is 0 Å². The van der Waals surface area contributed by atoms with Gasteiger partial charge in [0.15, 0.2) is 0 Å². The number of nitrogens with two attached hydrogens (primary N) is 1. The lowest BCUT2D eigenvalue weighted by Crippen LogP contribution is -1.96. The molecule has 0 aliphatic heterocycles. The number of rotatable bonds is 3. The maximum Gasteiger partial charge on any atom is 0.124 e. The van der Waals surface area contributed by atoms with E-state index in [2.05, 4.69) is 36.1 Å². The van der Waals surface area contributed by atoms with Crippen LogP contribution in [0.15, 0.2) is 53.9 Å². The normalized spacial score (nSPS) is 10.1. The van der Waals surface area contributed by atoms with E-state index in [1.807, 2.05) is 29.6 Å². The fourth-order valence-electron chi connectivity index (χ4n) is 2.12. The van der Waals surface area contributed by atoms with Crippen molar-refractivity contribution in [2.45, 2.75) is 6.61 Å². The zero-order valence-electron chi connectivity index (χ0n) is 11.5. The summed E-state index contributed by atoms with van der Waals surface area (Å²) in [7, 11) is 0. The molecule has 0 fully saturated rings. The molecule has 0 spiro atoms. The molecule has 0 bridgehead atoms. The molecule has 3 rings (SSSR count). The lowest BCUT2D eigenvalue weighted by Gasteiger charge is -2.06. The standard InChI is InChI=1S/C18H15NOS/c19-10-3-6-15-9-11-21-18(15)13-20-17-8-7-14-4-1-2-5-16(14)12-17/h1-2,4-5,7-9,11-12H,10,13,19H2. The highest BCUT2D eigenvalue weighted by Crippen LogP contribution is 2.23. The molecule has 0 radical (unpaired) electrons. The molecule has 1 heterocycles. The van der Waals surface area contributed by atoms with Gasteiger partial charge >= 0.3 is 0 Å². The Kier molecular flexibility index (Phi) is 4.20. The van der Waals surface area contributed by atoms with Crippen LogP contribution in [0.3, 0.4) is 0 Å². The Balaban J connectivity index is 1.76. The maximum absolute atomic E-state index is 5.89. The molecule has 21 heavy (non-hydrogen) atoms. The Hall–Kier alpha value is -2.28. The van der Waals surface area contributed by atoms with Gasteiger partial charge in [-0.15, -0.1) is 11.3 Å². The Morgan fingerprint density at radius 3 is 2.76 bits per heavy atom. The third-order valence-corrected chi connectivity index (χ3v) is 4.06. The van der Waals surface area contributed by atoms with Crippen LogP contribution in [0, 0.1) is 11.8 Å². The maximum atomic E-state index is 5.89. The predicted octanol–water partition coefficient (Wildman–Crippen LogP) is 3.79. The highest BCUT2D eigenvalue weighted by Gasteiger charge is 2.03. The second-order valence-electron chi connectivity index (χ2n) is 4.56. The predicted molar refractivity (Wildman–Crippen MR) is 88.5 cm³/mol. The van der Waals surface area contributed by atoms with Crippen molar-refractivity contribution in [1.82, 2.24) is 0 Å². The van der Waals surface area contributed by atoms with Gasteiger partial charge in [-0.1, -0.05) is 42.2 Å². The van der Waals surface area contributed by atoms with E-state index < -0.39 is 0 Å². The second kappa shape index (κ2) is 6.45. The lowest BCUT2D eigenvalue weighted by atomic mass is 10.1. The summed E-state index contributed by atoms with van der Waals surface area (Å²) in [4.78, 5) is 1.13. The van der Waals surface area contributed by atoms with Crippen molar-refractivity contribution >= 4 is 22.1 Å². The van der Waals surface area contributed by atoms with E-state index in [4.69, 9.17) is 10.5 Å². The zero-order valence-corrected chi connectivity index (χ0v) is 12.3. The smallest absolute Gasteiger partial charge is 0.124 e. The molecule has 0 saturated carbocycles. The first-order chi connectivity index (χ1) is 10.4. The summed E-state index contributed by atoms with van der Waals surface area (Å²) in [6.45, 7) is 0.908. The molecule has 0 atom stereocenters. The van der Waals surface area contributed by atoms with Crippen LogP contribution in [-0.2, 0) is 6.61 Å². The minimum Gasteiger partial charge on any atom is -0.488 e. The number of thiophene rings is 1. The van der Waals surface area contributed by atoms with Crippen LogP contribution in [0.2, 0.25) is 0 Å². The third-order valence-electron chi connectivity index (χ3n) is 3.16. The van der Waals surface area contributed by atoms with Crippen molar-refractivity contribution in [2.24, 2.45) is 5.73 Å². The van der Waals surface area contributed by atoms with Crippen LogP contribution < -0.4 is 10.5 Å². The van der Waals surface area contributed by atoms with Gasteiger partial charge in [-0.3, -0.25) is 0 Å². The zero-order chi connectivity index (χ0) is 14.5. The quantitative estimate of drug-likeness (QED) is 0.746. The topological polar surface area (TPSA) is 35.2 Å². The molecule has 2 N–H and O–H groups in total. The molecule has 0 amide bonds. The van der Waals surface area contributed by atoms with E-state index in [0.717, 1.165) is 16.2 Å². The van der Waals surface area contributed by atoms with Crippen LogP contribution in [0.1, 0.15) is 10.4 Å². The van der Waals surface area contributed by atoms with Gasteiger partial charge < -0.3 is 10.5 Å². The highest BCUT2D eigenvalue weighted by atomic mass is 32.1. The average molecular weight is 293 g/mol. The molecule has 0 aliphatic carbocycles. The van der Waals surface area contributed by atoms with Gasteiger partial charge in [0, 0.05) is 5.56 Å². The summed E-state index contributed by atoms with van der Waals surface area (Å²) in [5.41, 5.74) is 6.42. The summed E-state index contributed by atoms with van der Waals surface area (Å²) in [5.74, 6) is 6.83. The van der Waals surface area contributed by atoms with E-state index in [0.29, 0.717) is 13.2 Å². The van der Waals surface area contributed by atoms with Crippen LogP contribution in [0.4, 0.5) is 0 Å². The van der Waals surface area contributed by atoms with Crippen molar-refractivity contribution < 1.29 is 4.74 Å². The van der Waals surface area contributed by atoms with E-state index in [1.54, 1.807) is 11.3 Å². The fraction of sp³-hybridized carbons (Fsp3) is 0.111. The molecule has 104 valence electrons. The number of benzene rings is 2. The van der Waals surface area contributed by atoms with Crippen molar-refractivity contribution in [3.8, 4) is 17.6 Å². The van der Waals surface area contributed by atoms with Gasteiger partial charge in [-0.05, 0) is 34.4 Å². The minimum atomic E-state index is 0.376. The van der Waals surface area contributed by atoms with Gasteiger partial charge in [-0.25, -0.2) is 0 Å². The first-order valence-electron chi connectivity index (χ1n) is 6.74. The number of fused-ring (bicyclic) bond motifs is 1. The third kappa shape index (κ3) is 3.25. The van der Waals surface area contributed by atoms with Crippen molar-refractivity contribution in [3.63, 3.8) is 0 Å². The summed E-state index contributed by atoms with van der Waals surface area (Å²) >= 11 is 1.65. The fourth-order valence-corrected chi connectivity index (χ4v) is 2.86. The van der Waals surface area contributed by atoms with Gasteiger partial charge in [-0.2, -0.15) is 0 Å². The molecular weight excluding hydrogens is 278 g/mol. The largest absolute Gasteiger partial charge is 0.488 e. The van der Waals surface area contributed by atoms with Gasteiger partial charge in [0.05, 0.1) is 11.4 Å². The number of hydrogen-bond donors (Lipinski definition) is 1. The van der Waals surface area contributed by atoms with Gasteiger partial charge in [0.2, 0.25) is 0 Å². The second-order valence-corrected chi connectivity index (χ2v) is 5.56. The Bertz CT molecular complexity index is 810. The van der Waals surface area contributed by atoms with Crippen molar-refractivity contribution in [2.75, 3.05) is 6.54 Å². The van der Waals surface area contributed by atoms with Crippen molar-refractivity contribution in [1.29, 1.82) is 0 Å². The monoisotopic (exact) mass is 293 g/mol. The first-order valence-corrected chi connectivity index (χ1v) is 7.62. The summed E-state index contributed by atoms with van der Waals surface area (Å²) < 4.78 is 5.89. The highest BCUT2D eigenvalue weighted by molar-refractivity contribution is 7.10. The molecule has 1 aromatic heterocycles. The summed E-state index contributed by atoms with van der Waals surface area (Å²) in [6, 6.07) is 16.4. The number of ether oxygens (including phenoxy) is 1. The molecular formula is C18H15NOS. The summed E-state index contributed by atoms with van der Waals surface area (Å²) in [6.07, 6.45) is 0.